The molecule has 1 fully saturated rings. The molecule has 1 aliphatic carbocycles. The molecule has 17 heavy (non-hydrogen) atoms. The molecule has 1 aromatic rings. The van der Waals surface area contributed by atoms with E-state index in [1.165, 1.54) is 6.42 Å². The van der Waals surface area contributed by atoms with E-state index in [1.807, 2.05) is 6.07 Å². The van der Waals surface area contributed by atoms with Gasteiger partial charge in [-0.1, -0.05) is 25.5 Å². The van der Waals surface area contributed by atoms with Crippen LogP contribution in [0, 0.1) is 11.8 Å². The number of phenols is 1. The Hall–Kier alpha value is -1.51. The standard InChI is InChI=1S/C14H18O3/c1-9(14(16)17)13(10-4-2-5-10)11-6-3-7-12(15)8-11/h3,6-10,13,15H,2,4-5H2,1H3,(H,16,17)/t9?,13-/m1/s1. The summed E-state index contributed by atoms with van der Waals surface area (Å²) in [6, 6.07) is 7.02. The molecule has 2 atom stereocenters. The molecule has 1 aliphatic rings. The summed E-state index contributed by atoms with van der Waals surface area (Å²) in [4.78, 5) is 11.2. The summed E-state index contributed by atoms with van der Waals surface area (Å²) >= 11 is 0. The number of hydrogen-bond donors (Lipinski definition) is 2. The minimum atomic E-state index is -0.759. The molecule has 2 N–H and O–H groups in total. The van der Waals surface area contributed by atoms with Crippen molar-refractivity contribution in [1.29, 1.82) is 0 Å². The summed E-state index contributed by atoms with van der Waals surface area (Å²) in [5, 5.41) is 18.7. The van der Waals surface area contributed by atoms with Crippen LogP contribution in [0.25, 0.3) is 0 Å². The number of carbonyl (C=O) groups is 1. The maximum absolute atomic E-state index is 11.2. The Morgan fingerprint density at radius 1 is 1.41 bits per heavy atom. The van der Waals surface area contributed by atoms with Crippen LogP contribution in [0.3, 0.4) is 0 Å². The fourth-order valence-electron chi connectivity index (χ4n) is 2.65. The van der Waals surface area contributed by atoms with E-state index in [1.54, 1.807) is 25.1 Å². The van der Waals surface area contributed by atoms with Gasteiger partial charge in [-0.15, -0.1) is 0 Å². The summed E-state index contributed by atoms with van der Waals surface area (Å²) in [5.41, 5.74) is 0.949. The van der Waals surface area contributed by atoms with Gasteiger partial charge in [0.25, 0.3) is 0 Å². The second-order valence-corrected chi connectivity index (χ2v) is 4.94. The van der Waals surface area contributed by atoms with Crippen LogP contribution in [0.1, 0.15) is 37.7 Å². The second-order valence-electron chi connectivity index (χ2n) is 4.94. The zero-order valence-electron chi connectivity index (χ0n) is 9.97. The zero-order valence-corrected chi connectivity index (χ0v) is 9.97. The first-order chi connectivity index (χ1) is 8.09. The average molecular weight is 234 g/mol. The largest absolute Gasteiger partial charge is 0.508 e. The molecule has 0 bridgehead atoms. The van der Waals surface area contributed by atoms with Crippen molar-refractivity contribution in [3.63, 3.8) is 0 Å². The molecule has 3 heteroatoms. The van der Waals surface area contributed by atoms with E-state index in [9.17, 15) is 15.0 Å². The van der Waals surface area contributed by atoms with E-state index >= 15 is 0 Å². The fourth-order valence-corrected chi connectivity index (χ4v) is 2.65. The predicted molar refractivity (Wildman–Crippen MR) is 65.0 cm³/mol. The van der Waals surface area contributed by atoms with Gasteiger partial charge < -0.3 is 10.2 Å². The zero-order chi connectivity index (χ0) is 12.4. The third-order valence-corrected chi connectivity index (χ3v) is 3.84. The quantitative estimate of drug-likeness (QED) is 0.842. The molecule has 0 saturated heterocycles. The van der Waals surface area contributed by atoms with Crippen molar-refractivity contribution in [3.8, 4) is 5.75 Å². The molecule has 1 aromatic carbocycles. The van der Waals surface area contributed by atoms with Crippen LogP contribution in [-0.2, 0) is 4.79 Å². The fraction of sp³-hybridized carbons (Fsp3) is 0.500. The van der Waals surface area contributed by atoms with Gasteiger partial charge in [0.2, 0.25) is 0 Å². The highest BCUT2D eigenvalue weighted by Crippen LogP contribution is 2.44. The lowest BCUT2D eigenvalue weighted by Crippen LogP contribution is -2.29. The highest BCUT2D eigenvalue weighted by Gasteiger charge is 2.35. The molecule has 1 unspecified atom stereocenters. The summed E-state index contributed by atoms with van der Waals surface area (Å²) < 4.78 is 0. The second kappa shape index (κ2) is 4.78. The lowest BCUT2D eigenvalue weighted by molar-refractivity contribution is -0.142. The van der Waals surface area contributed by atoms with E-state index in [0.29, 0.717) is 5.92 Å². The van der Waals surface area contributed by atoms with Crippen LogP contribution in [0.4, 0.5) is 0 Å². The lowest BCUT2D eigenvalue weighted by Gasteiger charge is -2.36. The third-order valence-electron chi connectivity index (χ3n) is 3.84. The van der Waals surface area contributed by atoms with E-state index in [-0.39, 0.29) is 11.7 Å². The average Bonchev–Trinajstić information content (AvgIpc) is 2.22. The van der Waals surface area contributed by atoms with Crippen molar-refractivity contribution in [2.75, 3.05) is 0 Å². The van der Waals surface area contributed by atoms with Gasteiger partial charge >= 0.3 is 5.97 Å². The molecule has 3 nitrogen and oxygen atoms in total. The van der Waals surface area contributed by atoms with Crippen molar-refractivity contribution in [1.82, 2.24) is 0 Å². The molecular formula is C14H18O3. The first kappa shape index (κ1) is 12.0. The smallest absolute Gasteiger partial charge is 0.306 e. The summed E-state index contributed by atoms with van der Waals surface area (Å²) in [6.45, 7) is 1.76. The summed E-state index contributed by atoms with van der Waals surface area (Å²) in [6.07, 6.45) is 3.38. The molecule has 0 aromatic heterocycles. The molecular weight excluding hydrogens is 216 g/mol. The highest BCUT2D eigenvalue weighted by atomic mass is 16.4. The number of carboxylic acids is 1. The SMILES string of the molecule is CC(C(=O)O)[C@@H](c1cccc(O)c1)C1CCC1. The van der Waals surface area contributed by atoms with Gasteiger partial charge in [-0.3, -0.25) is 4.79 Å². The highest BCUT2D eigenvalue weighted by molar-refractivity contribution is 5.71. The van der Waals surface area contributed by atoms with Gasteiger partial charge in [0.1, 0.15) is 5.75 Å². The maximum Gasteiger partial charge on any atom is 0.306 e. The maximum atomic E-state index is 11.2. The summed E-state index contributed by atoms with van der Waals surface area (Å²) in [5.74, 6) is -0.479. The van der Waals surface area contributed by atoms with E-state index < -0.39 is 11.9 Å². The summed E-state index contributed by atoms with van der Waals surface area (Å²) in [7, 11) is 0. The monoisotopic (exact) mass is 234 g/mol. The minimum Gasteiger partial charge on any atom is -0.508 e. The van der Waals surface area contributed by atoms with Crippen LogP contribution in [0.2, 0.25) is 0 Å². The minimum absolute atomic E-state index is 0.0216. The van der Waals surface area contributed by atoms with Gasteiger partial charge in [-0.05, 0) is 42.4 Å². The number of rotatable bonds is 4. The van der Waals surface area contributed by atoms with Gasteiger partial charge in [-0.2, -0.15) is 0 Å². The number of carboxylic acid groups (broad SMARTS) is 1. The number of benzene rings is 1. The number of phenolic OH excluding ortho intramolecular Hbond substituents is 1. The molecule has 0 heterocycles. The van der Waals surface area contributed by atoms with Crippen molar-refractivity contribution in [2.24, 2.45) is 11.8 Å². The predicted octanol–water partition coefficient (Wildman–Crippen LogP) is 3.00. The number of aliphatic carboxylic acids is 1. The number of aromatic hydroxyl groups is 1. The van der Waals surface area contributed by atoms with Crippen LogP contribution in [0.5, 0.6) is 5.75 Å². The van der Waals surface area contributed by atoms with Gasteiger partial charge in [0, 0.05) is 0 Å². The van der Waals surface area contributed by atoms with Crippen LogP contribution in [0.15, 0.2) is 24.3 Å². The van der Waals surface area contributed by atoms with Crippen LogP contribution < -0.4 is 0 Å². The molecule has 92 valence electrons. The number of hydrogen-bond acceptors (Lipinski definition) is 2. The molecule has 2 rings (SSSR count). The van der Waals surface area contributed by atoms with Crippen LogP contribution in [-0.4, -0.2) is 16.2 Å². The lowest BCUT2D eigenvalue weighted by atomic mass is 9.68. The Morgan fingerprint density at radius 2 is 2.12 bits per heavy atom. The van der Waals surface area contributed by atoms with E-state index in [0.717, 1.165) is 18.4 Å². The van der Waals surface area contributed by atoms with Gasteiger partial charge in [0.15, 0.2) is 0 Å². The van der Waals surface area contributed by atoms with Crippen molar-refractivity contribution in [3.05, 3.63) is 29.8 Å². The Kier molecular flexibility index (Phi) is 3.36. The Morgan fingerprint density at radius 3 is 2.59 bits per heavy atom. The van der Waals surface area contributed by atoms with Gasteiger partial charge in [0.05, 0.1) is 5.92 Å². The molecule has 0 radical (unpaired) electrons. The van der Waals surface area contributed by atoms with Gasteiger partial charge in [-0.25, -0.2) is 0 Å². The van der Waals surface area contributed by atoms with E-state index in [4.69, 9.17) is 0 Å². The first-order valence-corrected chi connectivity index (χ1v) is 6.11. The Bertz CT molecular complexity index is 410. The molecule has 0 amide bonds. The molecule has 0 aliphatic heterocycles. The normalized spacial score (nSPS) is 19.4. The third kappa shape index (κ3) is 2.43. The molecule has 0 spiro atoms. The topological polar surface area (TPSA) is 57.5 Å². The van der Waals surface area contributed by atoms with E-state index in [2.05, 4.69) is 0 Å². The van der Waals surface area contributed by atoms with Crippen molar-refractivity contribution >= 4 is 5.97 Å². The van der Waals surface area contributed by atoms with Crippen molar-refractivity contribution < 1.29 is 15.0 Å². The Labute approximate surface area is 101 Å². The van der Waals surface area contributed by atoms with Crippen LogP contribution >= 0.6 is 0 Å². The molecule has 1 saturated carbocycles. The first-order valence-electron chi connectivity index (χ1n) is 6.11. The Balaban J connectivity index is 2.29. The van der Waals surface area contributed by atoms with Crippen molar-refractivity contribution in [2.45, 2.75) is 32.1 Å².